The van der Waals surface area contributed by atoms with Gasteiger partial charge in [0.2, 0.25) is 0 Å². The molecule has 2 aromatic rings. The molecule has 1 aromatic heterocycles. The predicted molar refractivity (Wildman–Crippen MR) is 85.2 cm³/mol. The molecule has 1 aromatic carbocycles. The quantitative estimate of drug-likeness (QED) is 0.840. The molecule has 0 amide bonds. The van der Waals surface area contributed by atoms with E-state index >= 15 is 0 Å². The number of hydrogen-bond donors (Lipinski definition) is 1. The minimum Gasteiger partial charge on any atom is -0.305 e. The maximum absolute atomic E-state index is 4.31. The maximum Gasteiger partial charge on any atom is 0.0760 e. The van der Waals surface area contributed by atoms with E-state index in [1.54, 1.807) is 0 Å². The number of nitrogens with zero attached hydrogens (tertiary/aromatic N) is 2. The average Bonchev–Trinajstić information content (AvgIpc) is 2.71. The summed E-state index contributed by atoms with van der Waals surface area (Å²) in [6.45, 7) is 3.14. The van der Waals surface area contributed by atoms with Gasteiger partial charge in [-0.1, -0.05) is 35.0 Å². The lowest BCUT2D eigenvalue weighted by Gasteiger charge is -2.20. The Hall–Kier alpha value is -0.650. The number of aromatic nitrogens is 2. The van der Waals surface area contributed by atoms with Gasteiger partial charge >= 0.3 is 0 Å². The van der Waals surface area contributed by atoms with E-state index < -0.39 is 0 Å². The van der Waals surface area contributed by atoms with Gasteiger partial charge in [0.05, 0.1) is 22.4 Å². The highest BCUT2D eigenvalue weighted by atomic mass is 79.9. The molecule has 1 unspecified atom stereocenters. The van der Waals surface area contributed by atoms with E-state index in [0.29, 0.717) is 0 Å². The van der Waals surface area contributed by atoms with Crippen LogP contribution in [-0.2, 0) is 7.05 Å². The standard InChI is InChI=1S/C14H17Br2N3/c1-3-7-17-13(10-5-4-6-11(15)8-10)14-12(16)9-18-19(14)2/h4-6,8-9,13,17H,3,7H2,1-2H3. The molecule has 0 spiro atoms. The van der Waals surface area contributed by atoms with Crippen molar-refractivity contribution in [1.29, 1.82) is 0 Å². The van der Waals surface area contributed by atoms with Gasteiger partial charge in [-0.25, -0.2) is 0 Å². The molecule has 102 valence electrons. The van der Waals surface area contributed by atoms with E-state index in [1.165, 1.54) is 5.56 Å². The zero-order valence-electron chi connectivity index (χ0n) is 11.0. The van der Waals surface area contributed by atoms with Gasteiger partial charge in [0.25, 0.3) is 0 Å². The topological polar surface area (TPSA) is 29.9 Å². The van der Waals surface area contributed by atoms with Gasteiger partial charge in [0.15, 0.2) is 0 Å². The van der Waals surface area contributed by atoms with Gasteiger partial charge in [-0.15, -0.1) is 0 Å². The van der Waals surface area contributed by atoms with E-state index in [2.05, 4.69) is 67.4 Å². The van der Waals surface area contributed by atoms with Crippen LogP contribution in [0.3, 0.4) is 0 Å². The van der Waals surface area contributed by atoms with Crippen molar-refractivity contribution in [2.24, 2.45) is 7.05 Å². The summed E-state index contributed by atoms with van der Waals surface area (Å²) >= 11 is 7.13. The lowest BCUT2D eigenvalue weighted by molar-refractivity contribution is 0.552. The number of hydrogen-bond acceptors (Lipinski definition) is 2. The van der Waals surface area contributed by atoms with Gasteiger partial charge < -0.3 is 5.32 Å². The van der Waals surface area contributed by atoms with Crippen LogP contribution in [0.1, 0.15) is 30.6 Å². The van der Waals surface area contributed by atoms with E-state index in [4.69, 9.17) is 0 Å². The number of halogens is 2. The van der Waals surface area contributed by atoms with Crippen LogP contribution in [0.15, 0.2) is 39.4 Å². The van der Waals surface area contributed by atoms with Gasteiger partial charge in [0.1, 0.15) is 0 Å². The van der Waals surface area contributed by atoms with Crippen LogP contribution in [0.25, 0.3) is 0 Å². The summed E-state index contributed by atoms with van der Waals surface area (Å²) in [6.07, 6.45) is 2.94. The van der Waals surface area contributed by atoms with Gasteiger partial charge in [-0.2, -0.15) is 5.10 Å². The smallest absolute Gasteiger partial charge is 0.0760 e. The fourth-order valence-corrected chi connectivity index (χ4v) is 3.09. The zero-order chi connectivity index (χ0) is 13.8. The fraction of sp³-hybridized carbons (Fsp3) is 0.357. The Labute approximate surface area is 130 Å². The Morgan fingerprint density at radius 1 is 1.37 bits per heavy atom. The van der Waals surface area contributed by atoms with Gasteiger partial charge in [-0.3, -0.25) is 4.68 Å². The molecule has 0 saturated carbocycles. The summed E-state index contributed by atoms with van der Waals surface area (Å²) in [4.78, 5) is 0. The molecule has 1 N–H and O–H groups in total. The highest BCUT2D eigenvalue weighted by Gasteiger charge is 2.20. The van der Waals surface area contributed by atoms with E-state index in [1.807, 2.05) is 24.0 Å². The van der Waals surface area contributed by atoms with Crippen LogP contribution in [0.4, 0.5) is 0 Å². The first-order valence-electron chi connectivity index (χ1n) is 6.29. The monoisotopic (exact) mass is 385 g/mol. The van der Waals surface area contributed by atoms with Crippen LogP contribution < -0.4 is 5.32 Å². The molecule has 0 aliphatic rings. The summed E-state index contributed by atoms with van der Waals surface area (Å²) < 4.78 is 4.04. The number of rotatable bonds is 5. The average molecular weight is 387 g/mol. The van der Waals surface area contributed by atoms with Crippen molar-refractivity contribution in [1.82, 2.24) is 15.1 Å². The van der Waals surface area contributed by atoms with Crippen LogP contribution in [-0.4, -0.2) is 16.3 Å². The van der Waals surface area contributed by atoms with Gasteiger partial charge in [-0.05, 0) is 46.6 Å². The summed E-state index contributed by atoms with van der Waals surface area (Å²) in [5, 5.41) is 7.90. The first-order valence-corrected chi connectivity index (χ1v) is 7.88. The molecule has 0 saturated heterocycles. The molecule has 19 heavy (non-hydrogen) atoms. The lowest BCUT2D eigenvalue weighted by Crippen LogP contribution is -2.25. The molecule has 0 aliphatic carbocycles. The molecule has 2 rings (SSSR count). The van der Waals surface area contributed by atoms with Crippen LogP contribution >= 0.6 is 31.9 Å². The first kappa shape index (κ1) is 14.8. The number of nitrogens with one attached hydrogen (secondary N) is 1. The molecule has 0 fully saturated rings. The second-order valence-electron chi connectivity index (χ2n) is 4.44. The third kappa shape index (κ3) is 3.46. The lowest BCUT2D eigenvalue weighted by atomic mass is 10.0. The third-order valence-corrected chi connectivity index (χ3v) is 4.10. The van der Waals surface area contributed by atoms with Crippen LogP contribution in [0, 0.1) is 0 Å². The van der Waals surface area contributed by atoms with E-state index in [0.717, 1.165) is 27.6 Å². The third-order valence-electron chi connectivity index (χ3n) is 2.99. The summed E-state index contributed by atoms with van der Waals surface area (Å²) in [7, 11) is 1.97. The molecule has 3 nitrogen and oxygen atoms in total. The molecule has 5 heteroatoms. The summed E-state index contributed by atoms with van der Waals surface area (Å²) in [6, 6.07) is 8.52. The molecule has 0 radical (unpaired) electrons. The highest BCUT2D eigenvalue weighted by molar-refractivity contribution is 9.10. The minimum absolute atomic E-state index is 0.138. The van der Waals surface area contributed by atoms with Crippen molar-refractivity contribution in [2.75, 3.05) is 6.54 Å². The van der Waals surface area contributed by atoms with Crippen molar-refractivity contribution >= 4 is 31.9 Å². The summed E-state index contributed by atoms with van der Waals surface area (Å²) in [5.41, 5.74) is 2.37. The number of aryl methyl sites for hydroxylation is 1. The van der Waals surface area contributed by atoms with E-state index in [-0.39, 0.29) is 6.04 Å². The van der Waals surface area contributed by atoms with Crippen LogP contribution in [0.5, 0.6) is 0 Å². The van der Waals surface area contributed by atoms with Gasteiger partial charge in [0, 0.05) is 11.5 Å². The van der Waals surface area contributed by atoms with Crippen molar-refractivity contribution in [3.63, 3.8) is 0 Å². The number of benzene rings is 1. The van der Waals surface area contributed by atoms with Crippen molar-refractivity contribution in [3.05, 3.63) is 50.7 Å². The maximum atomic E-state index is 4.31. The normalized spacial score (nSPS) is 12.6. The van der Waals surface area contributed by atoms with Crippen molar-refractivity contribution in [2.45, 2.75) is 19.4 Å². The van der Waals surface area contributed by atoms with Crippen LogP contribution in [0.2, 0.25) is 0 Å². The second-order valence-corrected chi connectivity index (χ2v) is 6.21. The predicted octanol–water partition coefficient (Wildman–Crippen LogP) is 4.03. The Morgan fingerprint density at radius 2 is 2.16 bits per heavy atom. The SMILES string of the molecule is CCCNC(c1cccc(Br)c1)c1c(Br)cnn1C. The summed E-state index contributed by atoms with van der Waals surface area (Å²) in [5.74, 6) is 0. The minimum atomic E-state index is 0.138. The van der Waals surface area contributed by atoms with Crippen molar-refractivity contribution in [3.8, 4) is 0 Å². The second kappa shape index (κ2) is 6.68. The Bertz CT molecular complexity index is 532. The largest absolute Gasteiger partial charge is 0.305 e. The first-order chi connectivity index (χ1) is 9.13. The molecule has 1 atom stereocenters. The molecule has 0 bridgehead atoms. The van der Waals surface area contributed by atoms with E-state index in [9.17, 15) is 0 Å². The Kier molecular flexibility index (Phi) is 5.19. The highest BCUT2D eigenvalue weighted by Crippen LogP contribution is 2.29. The molecular formula is C14H17Br2N3. The Morgan fingerprint density at radius 3 is 2.74 bits per heavy atom. The Balaban J connectivity index is 2.41. The zero-order valence-corrected chi connectivity index (χ0v) is 14.2. The van der Waals surface area contributed by atoms with Crippen molar-refractivity contribution < 1.29 is 0 Å². The molecular weight excluding hydrogens is 370 g/mol. The molecule has 0 aliphatic heterocycles. The molecule has 1 heterocycles. The fourth-order valence-electron chi connectivity index (χ4n) is 2.09.